The van der Waals surface area contributed by atoms with Crippen LogP contribution in [0.3, 0.4) is 0 Å². The summed E-state index contributed by atoms with van der Waals surface area (Å²) in [6.45, 7) is 1.49. The molecule has 1 saturated carbocycles. The van der Waals surface area contributed by atoms with E-state index >= 15 is 0 Å². The van der Waals surface area contributed by atoms with Crippen molar-refractivity contribution in [2.24, 2.45) is 11.3 Å². The molecule has 1 aromatic heterocycles. The Hall–Kier alpha value is -1.01. The fourth-order valence-corrected chi connectivity index (χ4v) is 1.45. The van der Waals surface area contributed by atoms with Crippen LogP contribution >= 0.6 is 0 Å². The summed E-state index contributed by atoms with van der Waals surface area (Å²) >= 11 is 0. The standard InChI is InChI=1S/C7H13N5O/c8-13-5-7(1-2-7)3-4-12-6-9-10-11-12/h6H,1-5,8H2. The maximum Gasteiger partial charge on any atom is 0.138 e. The average Bonchev–Trinajstić information content (AvgIpc) is 2.71. The minimum absolute atomic E-state index is 0.306. The lowest BCUT2D eigenvalue weighted by Crippen LogP contribution is -2.16. The summed E-state index contributed by atoms with van der Waals surface area (Å²) in [5.74, 6) is 5.06. The van der Waals surface area contributed by atoms with E-state index in [1.54, 1.807) is 11.0 Å². The van der Waals surface area contributed by atoms with E-state index in [1.807, 2.05) is 0 Å². The zero-order chi connectivity index (χ0) is 9.15. The smallest absolute Gasteiger partial charge is 0.138 e. The van der Waals surface area contributed by atoms with Gasteiger partial charge >= 0.3 is 0 Å². The Morgan fingerprint density at radius 2 is 2.38 bits per heavy atom. The van der Waals surface area contributed by atoms with Gasteiger partial charge < -0.3 is 4.84 Å². The van der Waals surface area contributed by atoms with Gasteiger partial charge in [-0.3, -0.25) is 0 Å². The molecule has 2 N–H and O–H groups in total. The molecule has 0 saturated heterocycles. The Balaban J connectivity index is 1.79. The lowest BCUT2D eigenvalue weighted by Gasteiger charge is -2.11. The van der Waals surface area contributed by atoms with Gasteiger partial charge in [-0.15, -0.1) is 5.10 Å². The summed E-state index contributed by atoms with van der Waals surface area (Å²) in [4.78, 5) is 4.68. The van der Waals surface area contributed by atoms with Gasteiger partial charge in [0, 0.05) is 6.54 Å². The van der Waals surface area contributed by atoms with Crippen LogP contribution in [0.25, 0.3) is 0 Å². The predicted molar refractivity (Wildman–Crippen MR) is 44.2 cm³/mol. The Labute approximate surface area is 76.0 Å². The van der Waals surface area contributed by atoms with Gasteiger partial charge in [-0.1, -0.05) is 0 Å². The Morgan fingerprint density at radius 3 is 2.92 bits per heavy atom. The van der Waals surface area contributed by atoms with Crippen LogP contribution in [-0.2, 0) is 11.4 Å². The molecule has 1 aliphatic carbocycles. The number of aromatic nitrogens is 4. The minimum atomic E-state index is 0.306. The number of aryl methyl sites for hydroxylation is 1. The molecule has 6 nitrogen and oxygen atoms in total. The number of nitrogens with zero attached hydrogens (tertiary/aromatic N) is 4. The Morgan fingerprint density at radius 1 is 1.54 bits per heavy atom. The van der Waals surface area contributed by atoms with Crippen molar-refractivity contribution in [2.45, 2.75) is 25.8 Å². The van der Waals surface area contributed by atoms with E-state index < -0.39 is 0 Å². The monoisotopic (exact) mass is 183 g/mol. The fraction of sp³-hybridized carbons (Fsp3) is 0.857. The molecule has 0 unspecified atom stereocenters. The summed E-state index contributed by atoms with van der Waals surface area (Å²) in [5.41, 5.74) is 0.306. The SMILES string of the molecule is NOCC1(CCn2cnnn2)CC1. The first-order valence-corrected chi connectivity index (χ1v) is 4.37. The zero-order valence-electron chi connectivity index (χ0n) is 7.39. The van der Waals surface area contributed by atoms with Crippen LogP contribution in [0.15, 0.2) is 6.33 Å². The van der Waals surface area contributed by atoms with Gasteiger partial charge in [-0.25, -0.2) is 10.6 Å². The molecule has 0 radical (unpaired) electrons. The molecule has 72 valence electrons. The maximum absolute atomic E-state index is 5.06. The molecule has 1 fully saturated rings. The minimum Gasteiger partial charge on any atom is -0.304 e. The van der Waals surface area contributed by atoms with Crippen molar-refractivity contribution in [2.75, 3.05) is 6.61 Å². The zero-order valence-corrected chi connectivity index (χ0v) is 7.39. The quantitative estimate of drug-likeness (QED) is 0.636. The van der Waals surface area contributed by atoms with Gasteiger partial charge in [0.05, 0.1) is 6.61 Å². The van der Waals surface area contributed by atoms with Crippen LogP contribution in [0.5, 0.6) is 0 Å². The molecule has 0 aliphatic heterocycles. The van der Waals surface area contributed by atoms with E-state index in [2.05, 4.69) is 20.4 Å². The van der Waals surface area contributed by atoms with Crippen molar-refractivity contribution in [3.8, 4) is 0 Å². The van der Waals surface area contributed by atoms with Crippen LogP contribution in [0.4, 0.5) is 0 Å². The van der Waals surface area contributed by atoms with Gasteiger partial charge in [0.15, 0.2) is 0 Å². The summed E-state index contributed by atoms with van der Waals surface area (Å²) in [5, 5.41) is 10.9. The normalized spacial score (nSPS) is 18.8. The fourth-order valence-electron chi connectivity index (χ4n) is 1.45. The number of tetrazole rings is 1. The summed E-state index contributed by atoms with van der Waals surface area (Å²) < 4.78 is 1.73. The number of rotatable bonds is 5. The van der Waals surface area contributed by atoms with Gasteiger partial charge in [-0.2, -0.15) is 0 Å². The molecule has 0 aromatic carbocycles. The van der Waals surface area contributed by atoms with E-state index in [1.165, 1.54) is 12.8 Å². The predicted octanol–water partition coefficient (Wildman–Crippen LogP) is -0.266. The highest BCUT2D eigenvalue weighted by Gasteiger charge is 2.42. The number of hydrogen-bond donors (Lipinski definition) is 1. The van der Waals surface area contributed by atoms with Crippen LogP contribution in [0.2, 0.25) is 0 Å². The summed E-state index contributed by atoms with van der Waals surface area (Å²) in [7, 11) is 0. The second kappa shape index (κ2) is 3.39. The molecule has 13 heavy (non-hydrogen) atoms. The molecule has 2 rings (SSSR count). The third-order valence-electron chi connectivity index (χ3n) is 2.61. The van der Waals surface area contributed by atoms with E-state index in [-0.39, 0.29) is 0 Å². The third-order valence-corrected chi connectivity index (χ3v) is 2.61. The molecule has 1 heterocycles. The Kier molecular flexibility index (Phi) is 2.24. The van der Waals surface area contributed by atoms with Crippen LogP contribution in [-0.4, -0.2) is 26.8 Å². The highest BCUT2D eigenvalue weighted by atomic mass is 16.6. The van der Waals surface area contributed by atoms with E-state index in [4.69, 9.17) is 5.90 Å². The van der Waals surface area contributed by atoms with E-state index in [0.29, 0.717) is 12.0 Å². The van der Waals surface area contributed by atoms with Crippen molar-refractivity contribution in [1.29, 1.82) is 0 Å². The summed E-state index contributed by atoms with van der Waals surface area (Å²) in [6, 6.07) is 0. The van der Waals surface area contributed by atoms with Gasteiger partial charge in [0.1, 0.15) is 6.33 Å². The first kappa shape index (κ1) is 8.58. The molecule has 1 aliphatic rings. The molecule has 0 bridgehead atoms. The highest BCUT2D eigenvalue weighted by Crippen LogP contribution is 2.48. The number of nitrogens with two attached hydrogens (primary N) is 1. The Bertz CT molecular complexity index is 256. The molecule has 0 atom stereocenters. The lowest BCUT2D eigenvalue weighted by atomic mass is 10.0. The van der Waals surface area contributed by atoms with Crippen molar-refractivity contribution >= 4 is 0 Å². The first-order chi connectivity index (χ1) is 6.35. The van der Waals surface area contributed by atoms with Crippen molar-refractivity contribution < 1.29 is 4.84 Å². The second-order valence-corrected chi connectivity index (χ2v) is 3.63. The van der Waals surface area contributed by atoms with Crippen LogP contribution in [0.1, 0.15) is 19.3 Å². The van der Waals surface area contributed by atoms with E-state index in [0.717, 1.165) is 13.0 Å². The first-order valence-electron chi connectivity index (χ1n) is 4.37. The lowest BCUT2D eigenvalue weighted by molar-refractivity contribution is 0.0856. The second-order valence-electron chi connectivity index (χ2n) is 3.63. The van der Waals surface area contributed by atoms with Crippen LogP contribution in [0, 0.1) is 5.41 Å². The van der Waals surface area contributed by atoms with Crippen LogP contribution < -0.4 is 5.90 Å². The van der Waals surface area contributed by atoms with Gasteiger partial charge in [-0.05, 0) is 35.1 Å². The highest BCUT2D eigenvalue weighted by molar-refractivity contribution is 4.92. The van der Waals surface area contributed by atoms with E-state index in [9.17, 15) is 0 Å². The number of hydrogen-bond acceptors (Lipinski definition) is 5. The molecular weight excluding hydrogens is 170 g/mol. The molecule has 0 spiro atoms. The molecule has 0 amide bonds. The topological polar surface area (TPSA) is 78.9 Å². The molecular formula is C7H13N5O. The van der Waals surface area contributed by atoms with Crippen molar-refractivity contribution in [1.82, 2.24) is 20.2 Å². The maximum atomic E-state index is 5.06. The third kappa shape index (κ3) is 2.02. The molecule has 1 aromatic rings. The average molecular weight is 183 g/mol. The summed E-state index contributed by atoms with van der Waals surface area (Å²) in [6.07, 6.45) is 5.06. The van der Waals surface area contributed by atoms with Gasteiger partial charge in [0.25, 0.3) is 0 Å². The van der Waals surface area contributed by atoms with Gasteiger partial charge in [0.2, 0.25) is 0 Å². The molecule has 6 heteroatoms. The van der Waals surface area contributed by atoms with Crippen molar-refractivity contribution in [3.05, 3.63) is 6.33 Å². The van der Waals surface area contributed by atoms with Crippen molar-refractivity contribution in [3.63, 3.8) is 0 Å². The largest absolute Gasteiger partial charge is 0.304 e.